The third-order valence-corrected chi connectivity index (χ3v) is 2.10. The summed E-state index contributed by atoms with van der Waals surface area (Å²) < 4.78 is 86.9. The molecule has 22 heavy (non-hydrogen) atoms. The summed E-state index contributed by atoms with van der Waals surface area (Å²) in [7, 11) is 0. The molecule has 0 heterocycles. The first-order valence-electron chi connectivity index (χ1n) is 5.09. The predicted octanol–water partition coefficient (Wildman–Crippen LogP) is 2.75. The molecule has 0 radical (unpaired) electrons. The van der Waals surface area contributed by atoms with Crippen molar-refractivity contribution < 1.29 is 45.2 Å². The van der Waals surface area contributed by atoms with Crippen molar-refractivity contribution >= 4 is 17.7 Å². The fourth-order valence-electron chi connectivity index (χ4n) is 1.19. The Morgan fingerprint density at radius 3 is 2.05 bits per heavy atom. The highest BCUT2D eigenvalue weighted by Gasteiger charge is 2.44. The van der Waals surface area contributed by atoms with Crippen LogP contribution in [0.15, 0.2) is 18.2 Å². The summed E-state index contributed by atoms with van der Waals surface area (Å²) in [6.07, 6.45) is -10.6. The van der Waals surface area contributed by atoms with Crippen LogP contribution in [0.1, 0.15) is 5.56 Å². The maximum absolute atomic E-state index is 13.4. The van der Waals surface area contributed by atoms with Crippen LogP contribution in [0.2, 0.25) is 0 Å². The first-order chi connectivity index (χ1) is 9.84. The van der Waals surface area contributed by atoms with Crippen molar-refractivity contribution in [3.8, 4) is 0 Å². The van der Waals surface area contributed by atoms with Gasteiger partial charge in [0.25, 0.3) is 0 Å². The van der Waals surface area contributed by atoms with Gasteiger partial charge in [-0.15, -0.1) is 5.06 Å². The highest BCUT2D eigenvalue weighted by atomic mass is 19.4. The lowest BCUT2D eigenvalue weighted by Gasteiger charge is -2.21. The van der Waals surface area contributed by atoms with Crippen LogP contribution < -0.4 is 10.8 Å². The number of benzene rings is 1. The second-order valence-electron chi connectivity index (χ2n) is 3.67. The zero-order valence-electron chi connectivity index (χ0n) is 10.1. The van der Waals surface area contributed by atoms with Gasteiger partial charge >= 0.3 is 24.4 Å². The largest absolute Gasteiger partial charge is 0.493 e. The quantitative estimate of drug-likeness (QED) is 0.634. The Morgan fingerprint density at radius 2 is 1.64 bits per heavy atom. The molecule has 1 aromatic carbocycles. The van der Waals surface area contributed by atoms with Crippen molar-refractivity contribution in [2.45, 2.75) is 12.4 Å². The summed E-state index contributed by atoms with van der Waals surface area (Å²) >= 11 is 0. The van der Waals surface area contributed by atoms with Crippen molar-refractivity contribution in [2.24, 2.45) is 5.73 Å². The van der Waals surface area contributed by atoms with Crippen LogP contribution in [0.5, 0.6) is 0 Å². The van der Waals surface area contributed by atoms with Crippen LogP contribution >= 0.6 is 0 Å². The summed E-state index contributed by atoms with van der Waals surface area (Å²) in [5, 5.41) is -0.722. The predicted molar refractivity (Wildman–Crippen MR) is 55.6 cm³/mol. The van der Waals surface area contributed by atoms with E-state index in [1.54, 1.807) is 0 Å². The molecular weight excluding hydrogens is 329 g/mol. The molecule has 0 aromatic heterocycles. The number of hydrogen-bond acceptors (Lipinski definition) is 3. The summed E-state index contributed by atoms with van der Waals surface area (Å²) in [4.78, 5) is 25.0. The van der Waals surface area contributed by atoms with Gasteiger partial charge in [-0.2, -0.15) is 26.3 Å². The molecule has 1 rings (SSSR count). The van der Waals surface area contributed by atoms with Crippen molar-refractivity contribution in [3.63, 3.8) is 0 Å². The van der Waals surface area contributed by atoms with Crippen LogP contribution in [-0.4, -0.2) is 18.2 Å². The number of primary amides is 1. The molecule has 0 aliphatic carbocycles. The lowest BCUT2D eigenvalue weighted by Crippen LogP contribution is -2.42. The third-order valence-electron chi connectivity index (χ3n) is 2.10. The van der Waals surface area contributed by atoms with E-state index < -0.39 is 46.5 Å². The van der Waals surface area contributed by atoms with Gasteiger partial charge in [0.15, 0.2) is 5.82 Å². The average molecular weight is 334 g/mol. The number of urea groups is 1. The monoisotopic (exact) mass is 334 g/mol. The van der Waals surface area contributed by atoms with Gasteiger partial charge in [0, 0.05) is 0 Å². The number of amides is 2. The van der Waals surface area contributed by atoms with E-state index in [0.717, 1.165) is 0 Å². The molecule has 5 nitrogen and oxygen atoms in total. The molecule has 1 aromatic rings. The minimum atomic E-state index is -5.58. The van der Waals surface area contributed by atoms with Gasteiger partial charge in [0.05, 0.1) is 5.56 Å². The molecule has 2 amide bonds. The fraction of sp³-hybridized carbons (Fsp3) is 0.200. The summed E-state index contributed by atoms with van der Waals surface area (Å²) in [6.45, 7) is 0. The van der Waals surface area contributed by atoms with Gasteiger partial charge in [-0.25, -0.2) is 14.0 Å². The number of hydroxylamine groups is 1. The normalized spacial score (nSPS) is 12.0. The molecule has 0 spiro atoms. The molecule has 0 saturated carbocycles. The number of hydrogen-bond donors (Lipinski definition) is 1. The molecule has 122 valence electrons. The average Bonchev–Trinajstić information content (AvgIpc) is 2.33. The fourth-order valence-corrected chi connectivity index (χ4v) is 1.19. The van der Waals surface area contributed by atoms with Crippen LogP contribution in [0.4, 0.5) is 41.2 Å². The van der Waals surface area contributed by atoms with Crippen molar-refractivity contribution in [1.82, 2.24) is 0 Å². The van der Waals surface area contributed by atoms with Crippen LogP contribution in [0.25, 0.3) is 0 Å². The Bertz CT molecular complexity index is 597. The number of carbonyl (C=O) groups excluding carboxylic acids is 2. The Kier molecular flexibility index (Phi) is 4.53. The van der Waals surface area contributed by atoms with E-state index >= 15 is 0 Å². The Morgan fingerprint density at radius 1 is 1.09 bits per heavy atom. The Hall–Kier alpha value is -2.53. The van der Waals surface area contributed by atoms with Gasteiger partial charge in [0.2, 0.25) is 0 Å². The Balaban J connectivity index is 3.28. The summed E-state index contributed by atoms with van der Waals surface area (Å²) in [6, 6.07) is -1.49. The van der Waals surface area contributed by atoms with Crippen LogP contribution in [0, 0.1) is 5.82 Å². The second kappa shape index (κ2) is 5.69. The topological polar surface area (TPSA) is 72.6 Å². The van der Waals surface area contributed by atoms with E-state index in [0.29, 0.717) is 0 Å². The van der Waals surface area contributed by atoms with Crippen molar-refractivity contribution in [2.75, 3.05) is 5.06 Å². The number of nitrogens with zero attached hydrogens (tertiary/aromatic N) is 1. The van der Waals surface area contributed by atoms with Crippen molar-refractivity contribution in [3.05, 3.63) is 29.6 Å². The van der Waals surface area contributed by atoms with Crippen molar-refractivity contribution in [1.29, 1.82) is 0 Å². The van der Waals surface area contributed by atoms with E-state index in [1.807, 2.05) is 0 Å². The van der Waals surface area contributed by atoms with Gasteiger partial charge in [-0.1, -0.05) is 0 Å². The second-order valence-corrected chi connectivity index (χ2v) is 3.67. The highest BCUT2D eigenvalue weighted by Crippen LogP contribution is 2.33. The number of alkyl halides is 6. The minimum absolute atomic E-state index is 0.0379. The SMILES string of the molecule is NC(=O)N(OC(=O)C(F)(F)F)c1cc(C(F)(F)F)ccc1F. The molecule has 0 aliphatic heterocycles. The van der Waals surface area contributed by atoms with Gasteiger partial charge in [0.1, 0.15) is 5.69 Å². The number of halogens is 7. The zero-order chi connectivity index (χ0) is 17.3. The standard InChI is InChI=1S/C10H5F7N2O3/c11-5-2-1-4(9(12,13)14)3-6(5)19(8(18)21)22-7(20)10(15,16)17/h1-3H,(H2,18,21). The smallest absolute Gasteiger partial charge is 0.349 e. The molecule has 2 N–H and O–H groups in total. The molecule has 0 saturated heterocycles. The molecule has 0 bridgehead atoms. The number of nitrogens with two attached hydrogens (primary N) is 1. The maximum Gasteiger partial charge on any atom is 0.493 e. The van der Waals surface area contributed by atoms with Gasteiger partial charge in [-0.05, 0) is 18.2 Å². The molecule has 0 fully saturated rings. The number of anilines is 1. The number of rotatable bonds is 1. The molecule has 0 unspecified atom stereocenters. The van der Waals surface area contributed by atoms with E-state index in [9.17, 15) is 40.3 Å². The summed E-state index contributed by atoms with van der Waals surface area (Å²) in [5.41, 5.74) is 1.68. The molecule has 0 aliphatic rings. The molecule has 0 atom stereocenters. The Labute approximate surface area is 117 Å². The summed E-state index contributed by atoms with van der Waals surface area (Å²) in [5.74, 6) is -4.54. The van der Waals surface area contributed by atoms with E-state index in [4.69, 9.17) is 0 Å². The maximum atomic E-state index is 13.4. The lowest BCUT2D eigenvalue weighted by molar-refractivity contribution is -0.199. The number of carbonyl (C=O) groups is 2. The van der Waals surface area contributed by atoms with E-state index in [1.165, 1.54) is 0 Å². The van der Waals surface area contributed by atoms with Crippen LogP contribution in [-0.2, 0) is 15.8 Å². The lowest BCUT2D eigenvalue weighted by atomic mass is 10.2. The highest BCUT2D eigenvalue weighted by molar-refractivity contribution is 5.91. The van der Waals surface area contributed by atoms with E-state index in [-0.39, 0.29) is 18.2 Å². The van der Waals surface area contributed by atoms with E-state index in [2.05, 4.69) is 10.6 Å². The third kappa shape index (κ3) is 3.99. The van der Waals surface area contributed by atoms with Gasteiger partial charge in [-0.3, -0.25) is 0 Å². The van der Waals surface area contributed by atoms with Gasteiger partial charge < -0.3 is 10.6 Å². The minimum Gasteiger partial charge on any atom is -0.349 e. The molecular formula is C10H5F7N2O3. The molecule has 12 heteroatoms. The zero-order valence-corrected chi connectivity index (χ0v) is 10.1. The first-order valence-corrected chi connectivity index (χ1v) is 5.09. The van der Waals surface area contributed by atoms with Crippen LogP contribution in [0.3, 0.4) is 0 Å². The first kappa shape index (κ1) is 17.5.